The predicted octanol–water partition coefficient (Wildman–Crippen LogP) is 0.958. The number of aliphatic imine (C=N–C) groups is 1. The van der Waals surface area contributed by atoms with Gasteiger partial charge in [0.25, 0.3) is 5.91 Å². The van der Waals surface area contributed by atoms with E-state index in [2.05, 4.69) is 25.3 Å². The first-order chi connectivity index (χ1) is 13.0. The summed E-state index contributed by atoms with van der Waals surface area (Å²) in [6.07, 6.45) is 0. The Morgan fingerprint density at radius 2 is 2.11 bits per heavy atom. The number of primary amides is 1. The van der Waals surface area contributed by atoms with Crippen LogP contribution in [0.5, 0.6) is 0 Å². The first-order valence-electron chi connectivity index (χ1n) is 9.11. The molecule has 1 saturated heterocycles. The van der Waals surface area contributed by atoms with Crippen molar-refractivity contribution in [1.29, 1.82) is 0 Å². The van der Waals surface area contributed by atoms with Gasteiger partial charge in [-0.2, -0.15) is 0 Å². The second-order valence-corrected chi connectivity index (χ2v) is 6.49. The normalized spacial score (nSPS) is 15.9. The van der Waals surface area contributed by atoms with Gasteiger partial charge in [0, 0.05) is 45.3 Å². The molecule has 0 saturated carbocycles. The number of nitrogens with zero attached hydrogens (tertiary/aromatic N) is 4. The molecule has 3 heterocycles. The highest BCUT2D eigenvalue weighted by atomic mass is 16.5. The van der Waals surface area contributed by atoms with Crippen molar-refractivity contribution in [3.63, 3.8) is 0 Å². The maximum atomic E-state index is 11.1. The molecule has 1 amide bonds. The molecule has 0 atom stereocenters. The molecule has 1 aliphatic rings. The summed E-state index contributed by atoms with van der Waals surface area (Å²) in [5.41, 5.74) is 6.18. The summed E-state index contributed by atoms with van der Waals surface area (Å²) < 4.78 is 10.5. The van der Waals surface area contributed by atoms with Gasteiger partial charge in [-0.05, 0) is 26.0 Å². The van der Waals surface area contributed by atoms with Gasteiger partial charge in [0.05, 0.1) is 5.69 Å². The summed E-state index contributed by atoms with van der Waals surface area (Å²) in [5, 5.41) is 7.38. The van der Waals surface area contributed by atoms with Gasteiger partial charge < -0.3 is 24.9 Å². The van der Waals surface area contributed by atoms with Crippen molar-refractivity contribution in [2.75, 3.05) is 32.7 Å². The highest BCUT2D eigenvalue weighted by Crippen LogP contribution is 2.11. The Kier molecular flexibility index (Phi) is 6.12. The summed E-state index contributed by atoms with van der Waals surface area (Å²) in [6, 6.07) is 5.27. The summed E-state index contributed by atoms with van der Waals surface area (Å²) in [4.78, 5) is 20.3. The molecule has 1 fully saturated rings. The second-order valence-electron chi connectivity index (χ2n) is 6.49. The molecular formula is C18H26N6O3. The number of hydrogen-bond donors (Lipinski definition) is 2. The molecule has 0 spiro atoms. The molecule has 2 aromatic rings. The Balaban J connectivity index is 1.56. The zero-order valence-electron chi connectivity index (χ0n) is 15.8. The molecule has 0 aromatic carbocycles. The molecule has 146 valence electrons. The van der Waals surface area contributed by atoms with E-state index in [0.717, 1.165) is 56.7 Å². The van der Waals surface area contributed by atoms with E-state index >= 15 is 0 Å². The molecule has 0 bridgehead atoms. The molecule has 0 radical (unpaired) electrons. The van der Waals surface area contributed by atoms with Gasteiger partial charge in [-0.25, -0.2) is 4.99 Å². The number of piperazine rings is 1. The minimum Gasteiger partial charge on any atom is -0.454 e. The van der Waals surface area contributed by atoms with Crippen LogP contribution in [0.3, 0.4) is 0 Å². The topological polar surface area (TPSA) is 113 Å². The van der Waals surface area contributed by atoms with Crippen molar-refractivity contribution in [2.45, 2.75) is 26.9 Å². The van der Waals surface area contributed by atoms with Crippen molar-refractivity contribution in [3.8, 4) is 0 Å². The van der Waals surface area contributed by atoms with E-state index in [4.69, 9.17) is 14.7 Å². The Morgan fingerprint density at radius 1 is 1.33 bits per heavy atom. The minimum atomic E-state index is -0.574. The molecule has 27 heavy (non-hydrogen) atoms. The third-order valence-electron chi connectivity index (χ3n) is 4.36. The van der Waals surface area contributed by atoms with E-state index in [0.29, 0.717) is 12.3 Å². The largest absolute Gasteiger partial charge is 0.454 e. The lowest BCUT2D eigenvalue weighted by Gasteiger charge is -2.36. The third kappa shape index (κ3) is 5.10. The van der Waals surface area contributed by atoms with Gasteiger partial charge >= 0.3 is 0 Å². The zero-order chi connectivity index (χ0) is 19.2. The van der Waals surface area contributed by atoms with Gasteiger partial charge in [0.15, 0.2) is 11.7 Å². The van der Waals surface area contributed by atoms with Gasteiger partial charge in [0.1, 0.15) is 18.1 Å². The lowest BCUT2D eigenvalue weighted by atomic mass is 10.3. The zero-order valence-corrected chi connectivity index (χ0v) is 15.8. The monoisotopic (exact) mass is 374 g/mol. The molecule has 3 N–H and O–H groups in total. The van der Waals surface area contributed by atoms with E-state index in [1.807, 2.05) is 19.9 Å². The highest BCUT2D eigenvalue weighted by molar-refractivity contribution is 5.89. The summed E-state index contributed by atoms with van der Waals surface area (Å²) in [7, 11) is 0. The number of nitrogens with two attached hydrogens (primary N) is 1. The molecule has 2 aromatic heterocycles. The van der Waals surface area contributed by atoms with E-state index in [9.17, 15) is 4.79 Å². The maximum absolute atomic E-state index is 11.1. The number of nitrogens with one attached hydrogen (secondary N) is 1. The highest BCUT2D eigenvalue weighted by Gasteiger charge is 2.20. The molecule has 3 rings (SSSR count). The van der Waals surface area contributed by atoms with Gasteiger partial charge in [-0.15, -0.1) is 0 Å². The molecule has 9 nitrogen and oxygen atoms in total. The summed E-state index contributed by atoms with van der Waals surface area (Å²) in [5.74, 6) is 1.87. The van der Waals surface area contributed by atoms with Crippen molar-refractivity contribution >= 4 is 11.9 Å². The number of aryl methyl sites for hydroxylation is 1. The average Bonchev–Trinajstić information content (AvgIpc) is 3.28. The summed E-state index contributed by atoms with van der Waals surface area (Å²) in [6.45, 7) is 9.44. The number of carbonyl (C=O) groups excluding carboxylic acids is 1. The molecule has 0 unspecified atom stereocenters. The second kappa shape index (κ2) is 8.72. The fourth-order valence-corrected chi connectivity index (χ4v) is 3.01. The number of hydrogen-bond acceptors (Lipinski definition) is 6. The minimum absolute atomic E-state index is 0.155. The Bertz CT molecular complexity index is 789. The Labute approximate surface area is 158 Å². The van der Waals surface area contributed by atoms with Crippen LogP contribution in [0.1, 0.15) is 34.7 Å². The van der Waals surface area contributed by atoms with Crippen LogP contribution in [0, 0.1) is 6.92 Å². The molecular weight excluding hydrogens is 348 g/mol. The van der Waals surface area contributed by atoms with Gasteiger partial charge in [-0.3, -0.25) is 9.69 Å². The number of furan rings is 1. The van der Waals surface area contributed by atoms with Gasteiger partial charge in [-0.1, -0.05) is 5.16 Å². The van der Waals surface area contributed by atoms with E-state index < -0.39 is 5.91 Å². The fraction of sp³-hybridized carbons (Fsp3) is 0.500. The van der Waals surface area contributed by atoms with Gasteiger partial charge in [0.2, 0.25) is 0 Å². The third-order valence-corrected chi connectivity index (χ3v) is 4.36. The number of rotatable bonds is 6. The average molecular weight is 374 g/mol. The number of guanidine groups is 1. The lowest BCUT2D eigenvalue weighted by Crippen LogP contribution is -2.52. The van der Waals surface area contributed by atoms with Crippen LogP contribution in [-0.4, -0.2) is 59.5 Å². The summed E-state index contributed by atoms with van der Waals surface area (Å²) >= 11 is 0. The SMILES string of the molecule is CCNC(=NCc1ccc(C(N)=O)o1)N1CCN(Cc2cc(C)on2)CC1. The molecule has 0 aliphatic carbocycles. The van der Waals surface area contributed by atoms with Crippen LogP contribution in [0.2, 0.25) is 0 Å². The number of amides is 1. The number of carbonyl (C=O) groups is 1. The van der Waals surface area contributed by atoms with Crippen LogP contribution in [0.25, 0.3) is 0 Å². The Hall–Kier alpha value is -2.81. The molecule has 1 aliphatic heterocycles. The number of aromatic nitrogens is 1. The van der Waals surface area contributed by atoms with Crippen LogP contribution in [-0.2, 0) is 13.1 Å². The van der Waals surface area contributed by atoms with Crippen LogP contribution < -0.4 is 11.1 Å². The lowest BCUT2D eigenvalue weighted by molar-refractivity contribution is 0.0972. The van der Waals surface area contributed by atoms with Crippen molar-refractivity contribution in [2.24, 2.45) is 10.7 Å². The van der Waals surface area contributed by atoms with Crippen LogP contribution >= 0.6 is 0 Å². The van der Waals surface area contributed by atoms with Crippen molar-refractivity contribution in [1.82, 2.24) is 20.3 Å². The molecule has 9 heteroatoms. The van der Waals surface area contributed by atoms with Crippen molar-refractivity contribution in [3.05, 3.63) is 41.2 Å². The predicted molar refractivity (Wildman–Crippen MR) is 100 cm³/mol. The van der Waals surface area contributed by atoms with Crippen LogP contribution in [0.15, 0.2) is 32.1 Å². The Morgan fingerprint density at radius 3 is 2.70 bits per heavy atom. The fourth-order valence-electron chi connectivity index (χ4n) is 3.01. The van der Waals surface area contributed by atoms with E-state index in [1.54, 1.807) is 12.1 Å². The smallest absolute Gasteiger partial charge is 0.284 e. The van der Waals surface area contributed by atoms with Crippen LogP contribution in [0.4, 0.5) is 0 Å². The van der Waals surface area contributed by atoms with E-state index in [1.165, 1.54) is 0 Å². The first-order valence-corrected chi connectivity index (χ1v) is 9.11. The quantitative estimate of drug-likeness (QED) is 0.572. The van der Waals surface area contributed by atoms with E-state index in [-0.39, 0.29) is 5.76 Å². The maximum Gasteiger partial charge on any atom is 0.284 e. The standard InChI is InChI=1S/C18H26N6O3/c1-3-20-18(21-11-15-4-5-16(26-15)17(19)25)24-8-6-23(7-9-24)12-14-10-13(2)27-22-14/h4-5,10H,3,6-9,11-12H2,1-2H3,(H2,19,25)(H,20,21). The van der Waals surface area contributed by atoms with Crippen molar-refractivity contribution < 1.29 is 13.7 Å². The first kappa shape index (κ1) is 19.0.